The monoisotopic (exact) mass is 261 g/mol. The number of phenols is 1. The Kier molecular flexibility index (Phi) is 3.26. The van der Waals surface area contributed by atoms with Crippen LogP contribution in [0.2, 0.25) is 5.02 Å². The van der Waals surface area contributed by atoms with Gasteiger partial charge < -0.3 is 10.8 Å². The molecule has 0 fully saturated rings. The molecule has 2 aromatic rings. The van der Waals surface area contributed by atoms with E-state index in [2.05, 4.69) is 0 Å². The lowest BCUT2D eigenvalue weighted by molar-refractivity contribution is 0.103. The summed E-state index contributed by atoms with van der Waals surface area (Å²) in [6.45, 7) is 1.76. The summed E-state index contributed by atoms with van der Waals surface area (Å²) in [5.74, 6) is -0.383. The summed E-state index contributed by atoms with van der Waals surface area (Å²) in [5, 5.41) is 10.3. The van der Waals surface area contributed by atoms with Crippen LogP contribution < -0.4 is 5.73 Å². The first-order valence-corrected chi connectivity index (χ1v) is 5.76. The van der Waals surface area contributed by atoms with Crippen molar-refractivity contribution in [1.82, 2.24) is 0 Å². The second kappa shape index (κ2) is 4.70. The predicted molar refractivity (Wildman–Crippen MR) is 72.1 cm³/mol. The Balaban J connectivity index is 2.49. The zero-order valence-corrected chi connectivity index (χ0v) is 10.5. The highest BCUT2D eigenvalue weighted by molar-refractivity contribution is 6.32. The molecule has 3 N–H and O–H groups in total. The Bertz CT molecular complexity index is 623. The van der Waals surface area contributed by atoms with Crippen LogP contribution in [0.25, 0.3) is 0 Å². The maximum absolute atomic E-state index is 12.2. The number of nitrogen functional groups attached to an aromatic ring is 1. The molecule has 0 unspecified atom stereocenters. The summed E-state index contributed by atoms with van der Waals surface area (Å²) in [7, 11) is 0. The van der Waals surface area contributed by atoms with Crippen LogP contribution in [-0.4, -0.2) is 10.9 Å². The highest BCUT2D eigenvalue weighted by Crippen LogP contribution is 2.27. The van der Waals surface area contributed by atoms with Gasteiger partial charge in [0, 0.05) is 16.3 Å². The standard InChI is InChI=1S/C14H12ClNO2/c1-8-5-13(17)11(7-12(8)15)14(18)9-3-2-4-10(16)6-9/h2-7,17H,16H2,1H3. The van der Waals surface area contributed by atoms with Gasteiger partial charge in [0.15, 0.2) is 5.78 Å². The first-order valence-electron chi connectivity index (χ1n) is 5.38. The number of hydrogen-bond donors (Lipinski definition) is 2. The summed E-state index contributed by atoms with van der Waals surface area (Å²) in [5.41, 5.74) is 7.44. The molecule has 0 amide bonds. The van der Waals surface area contributed by atoms with Gasteiger partial charge in [0.1, 0.15) is 5.75 Å². The number of carbonyl (C=O) groups excluding carboxylic acids is 1. The van der Waals surface area contributed by atoms with Crippen molar-refractivity contribution in [1.29, 1.82) is 0 Å². The Labute approximate surface area is 110 Å². The van der Waals surface area contributed by atoms with Crippen LogP contribution in [0.1, 0.15) is 21.5 Å². The number of phenolic OH excluding ortho intramolecular Hbond substituents is 1. The van der Waals surface area contributed by atoms with Gasteiger partial charge in [-0.25, -0.2) is 0 Å². The molecule has 0 saturated heterocycles. The molecule has 2 aromatic carbocycles. The molecule has 0 saturated carbocycles. The fourth-order valence-electron chi connectivity index (χ4n) is 1.68. The number of rotatable bonds is 2. The summed E-state index contributed by atoms with van der Waals surface area (Å²) < 4.78 is 0. The molecule has 0 atom stereocenters. The van der Waals surface area contributed by atoms with Gasteiger partial charge in [0.05, 0.1) is 5.56 Å². The highest BCUT2D eigenvalue weighted by atomic mass is 35.5. The highest BCUT2D eigenvalue weighted by Gasteiger charge is 2.15. The summed E-state index contributed by atoms with van der Waals surface area (Å²) in [4.78, 5) is 12.2. The molecule has 0 bridgehead atoms. The van der Waals surface area contributed by atoms with Crippen molar-refractivity contribution in [3.8, 4) is 5.75 Å². The molecule has 0 heterocycles. The molecule has 0 aromatic heterocycles. The molecule has 0 radical (unpaired) electrons. The zero-order chi connectivity index (χ0) is 13.3. The third-order valence-corrected chi connectivity index (χ3v) is 3.08. The van der Waals surface area contributed by atoms with Crippen LogP contribution >= 0.6 is 11.6 Å². The lowest BCUT2D eigenvalue weighted by atomic mass is 10.0. The molecule has 0 aliphatic rings. The van der Waals surface area contributed by atoms with Gasteiger partial charge in [0.25, 0.3) is 0 Å². The van der Waals surface area contributed by atoms with Crippen molar-refractivity contribution < 1.29 is 9.90 Å². The van der Waals surface area contributed by atoms with Crippen molar-refractivity contribution in [2.24, 2.45) is 0 Å². The van der Waals surface area contributed by atoms with E-state index in [1.807, 2.05) is 0 Å². The van der Waals surface area contributed by atoms with E-state index in [1.54, 1.807) is 31.2 Å². The Hall–Kier alpha value is -2.00. The minimum Gasteiger partial charge on any atom is -0.507 e. The average molecular weight is 262 g/mol. The maximum Gasteiger partial charge on any atom is 0.196 e. The van der Waals surface area contributed by atoms with E-state index in [1.165, 1.54) is 12.1 Å². The van der Waals surface area contributed by atoms with E-state index in [-0.39, 0.29) is 17.1 Å². The number of hydrogen-bond acceptors (Lipinski definition) is 3. The van der Waals surface area contributed by atoms with Crippen LogP contribution in [-0.2, 0) is 0 Å². The summed E-state index contributed by atoms with van der Waals surface area (Å²) in [6.07, 6.45) is 0. The van der Waals surface area contributed by atoms with E-state index < -0.39 is 0 Å². The number of ketones is 1. The predicted octanol–water partition coefficient (Wildman–Crippen LogP) is 3.17. The van der Waals surface area contributed by atoms with Gasteiger partial charge in [-0.3, -0.25) is 4.79 Å². The van der Waals surface area contributed by atoms with E-state index in [0.29, 0.717) is 16.3 Å². The molecular weight excluding hydrogens is 250 g/mol. The number of aromatic hydroxyl groups is 1. The van der Waals surface area contributed by atoms with Crippen LogP contribution in [0.3, 0.4) is 0 Å². The molecule has 0 aliphatic heterocycles. The van der Waals surface area contributed by atoms with Crippen molar-refractivity contribution in [2.45, 2.75) is 6.92 Å². The summed E-state index contributed by atoms with van der Waals surface area (Å²) >= 11 is 5.96. The molecule has 2 rings (SSSR count). The third-order valence-electron chi connectivity index (χ3n) is 2.67. The second-order valence-electron chi connectivity index (χ2n) is 4.07. The zero-order valence-electron chi connectivity index (χ0n) is 9.77. The lowest BCUT2D eigenvalue weighted by Crippen LogP contribution is -2.03. The summed E-state index contributed by atoms with van der Waals surface area (Å²) in [6, 6.07) is 9.54. The van der Waals surface area contributed by atoms with Crippen LogP contribution in [0.4, 0.5) is 5.69 Å². The molecule has 18 heavy (non-hydrogen) atoms. The van der Waals surface area contributed by atoms with Crippen LogP contribution in [0.5, 0.6) is 5.75 Å². The van der Waals surface area contributed by atoms with Crippen molar-refractivity contribution in [2.75, 3.05) is 5.73 Å². The number of nitrogens with two attached hydrogens (primary N) is 1. The minimum absolute atomic E-state index is 0.0793. The second-order valence-corrected chi connectivity index (χ2v) is 4.48. The van der Waals surface area contributed by atoms with Crippen molar-refractivity contribution >= 4 is 23.1 Å². The smallest absolute Gasteiger partial charge is 0.196 e. The maximum atomic E-state index is 12.2. The minimum atomic E-state index is -0.304. The molecule has 4 heteroatoms. The first kappa shape index (κ1) is 12.5. The van der Waals surface area contributed by atoms with E-state index in [9.17, 15) is 9.90 Å². The molecule has 3 nitrogen and oxygen atoms in total. The van der Waals surface area contributed by atoms with Crippen molar-refractivity contribution in [3.05, 3.63) is 58.1 Å². The number of carbonyl (C=O) groups is 1. The van der Waals surface area contributed by atoms with Crippen LogP contribution in [0.15, 0.2) is 36.4 Å². The number of anilines is 1. The first-order chi connectivity index (χ1) is 8.49. The number of halogens is 1. The number of aryl methyl sites for hydroxylation is 1. The normalized spacial score (nSPS) is 10.3. The molecular formula is C14H12ClNO2. The van der Waals surface area contributed by atoms with Gasteiger partial charge >= 0.3 is 0 Å². The van der Waals surface area contributed by atoms with Gasteiger partial charge in [-0.05, 0) is 36.8 Å². The lowest BCUT2D eigenvalue weighted by Gasteiger charge is -2.07. The Morgan fingerprint density at radius 1 is 1.28 bits per heavy atom. The Morgan fingerprint density at radius 3 is 2.67 bits per heavy atom. The SMILES string of the molecule is Cc1cc(O)c(C(=O)c2cccc(N)c2)cc1Cl. The number of benzene rings is 2. The van der Waals surface area contributed by atoms with E-state index in [4.69, 9.17) is 17.3 Å². The molecule has 0 aliphatic carbocycles. The quantitative estimate of drug-likeness (QED) is 0.645. The van der Waals surface area contributed by atoms with Gasteiger partial charge in [0.2, 0.25) is 0 Å². The topological polar surface area (TPSA) is 63.3 Å². The van der Waals surface area contributed by atoms with E-state index >= 15 is 0 Å². The van der Waals surface area contributed by atoms with Gasteiger partial charge in [-0.15, -0.1) is 0 Å². The van der Waals surface area contributed by atoms with Crippen molar-refractivity contribution in [3.63, 3.8) is 0 Å². The molecule has 92 valence electrons. The third kappa shape index (κ3) is 2.31. The molecule has 0 spiro atoms. The van der Waals surface area contributed by atoms with Gasteiger partial charge in [-0.2, -0.15) is 0 Å². The largest absolute Gasteiger partial charge is 0.507 e. The fourth-order valence-corrected chi connectivity index (χ4v) is 1.85. The van der Waals surface area contributed by atoms with Gasteiger partial charge in [-0.1, -0.05) is 23.7 Å². The van der Waals surface area contributed by atoms with E-state index in [0.717, 1.165) is 5.56 Å². The van der Waals surface area contributed by atoms with Crippen LogP contribution in [0, 0.1) is 6.92 Å². The fraction of sp³-hybridized carbons (Fsp3) is 0.0714. The average Bonchev–Trinajstić information content (AvgIpc) is 2.33. The Morgan fingerprint density at radius 2 is 2.00 bits per heavy atom.